The summed E-state index contributed by atoms with van der Waals surface area (Å²) in [4.78, 5) is 11.8. The van der Waals surface area contributed by atoms with Crippen LogP contribution in [0.1, 0.15) is 34.6 Å². The highest BCUT2D eigenvalue weighted by Gasteiger charge is 2.65. The molecule has 2 bridgehead atoms. The molecule has 0 aromatic rings. The van der Waals surface area contributed by atoms with Crippen molar-refractivity contribution < 1.29 is 23.7 Å². The molecule has 2 saturated heterocycles. The Morgan fingerprint density at radius 2 is 2.17 bits per heavy atom. The first-order chi connectivity index (χ1) is 10.8. The van der Waals surface area contributed by atoms with Gasteiger partial charge in [0.1, 0.15) is 0 Å². The topological polar surface area (TPSA) is 57.3 Å². The number of hydrogen-bond donors (Lipinski definition) is 0. The van der Waals surface area contributed by atoms with Crippen LogP contribution in [0.4, 0.5) is 0 Å². The smallest absolute Gasteiger partial charge is 0.333 e. The molecule has 2 fully saturated rings. The summed E-state index contributed by atoms with van der Waals surface area (Å²) < 4.78 is 23.1. The first-order valence-electron chi connectivity index (χ1n) is 8.36. The number of rotatable bonds is 4. The summed E-state index contributed by atoms with van der Waals surface area (Å²) in [5.41, 5.74) is 0.173. The normalized spacial score (nSPS) is 43.3. The van der Waals surface area contributed by atoms with Gasteiger partial charge in [-0.1, -0.05) is 26.0 Å². The summed E-state index contributed by atoms with van der Waals surface area (Å²) in [7, 11) is 0. The average Bonchev–Trinajstić information content (AvgIpc) is 3.28. The molecule has 0 N–H and O–H groups in total. The van der Waals surface area contributed by atoms with Crippen LogP contribution in [0.25, 0.3) is 0 Å². The van der Waals surface area contributed by atoms with Gasteiger partial charge in [0.2, 0.25) is 5.79 Å². The van der Waals surface area contributed by atoms with E-state index in [0.29, 0.717) is 18.8 Å². The second-order valence-corrected chi connectivity index (χ2v) is 6.94. The Morgan fingerprint density at radius 1 is 1.48 bits per heavy atom. The van der Waals surface area contributed by atoms with Crippen molar-refractivity contribution in [2.75, 3.05) is 13.2 Å². The van der Waals surface area contributed by atoms with Gasteiger partial charge in [0.15, 0.2) is 5.60 Å². The summed E-state index contributed by atoms with van der Waals surface area (Å²) >= 11 is 0. The van der Waals surface area contributed by atoms with Crippen LogP contribution >= 0.6 is 0 Å². The molecule has 0 amide bonds. The summed E-state index contributed by atoms with van der Waals surface area (Å²) in [6.45, 7) is 10.7. The highest BCUT2D eigenvalue weighted by Crippen LogP contribution is 2.51. The lowest BCUT2D eigenvalue weighted by molar-refractivity contribution is -0.346. The predicted molar refractivity (Wildman–Crippen MR) is 84.7 cm³/mol. The maximum atomic E-state index is 11.8. The third kappa shape index (κ3) is 2.75. The van der Waals surface area contributed by atoms with Gasteiger partial charge in [0, 0.05) is 17.4 Å². The van der Waals surface area contributed by atoms with Gasteiger partial charge in [0.05, 0.1) is 25.4 Å². The van der Waals surface area contributed by atoms with E-state index in [-0.39, 0.29) is 30.0 Å². The first-order valence-corrected chi connectivity index (χ1v) is 8.36. The van der Waals surface area contributed by atoms with Gasteiger partial charge >= 0.3 is 5.97 Å². The van der Waals surface area contributed by atoms with Crippen molar-refractivity contribution in [3.05, 3.63) is 23.8 Å². The fourth-order valence-corrected chi connectivity index (χ4v) is 3.59. The number of epoxide rings is 1. The summed E-state index contributed by atoms with van der Waals surface area (Å²) in [5, 5.41) is 0. The maximum absolute atomic E-state index is 11.8. The van der Waals surface area contributed by atoms with Crippen LogP contribution in [0.3, 0.4) is 0 Å². The van der Waals surface area contributed by atoms with Crippen LogP contribution in [-0.4, -0.2) is 42.8 Å². The fraction of sp³-hybridized carbons (Fsp3) is 0.722. The van der Waals surface area contributed by atoms with Crippen LogP contribution in [0.5, 0.6) is 0 Å². The zero-order valence-electron chi connectivity index (χ0n) is 14.5. The molecular weight excluding hydrogens is 296 g/mol. The zero-order chi connectivity index (χ0) is 16.8. The molecular formula is C18H26O5. The number of hydrogen-bond acceptors (Lipinski definition) is 5. The molecule has 3 rings (SSSR count). The first kappa shape index (κ1) is 16.7. The molecule has 3 aliphatic heterocycles. The van der Waals surface area contributed by atoms with Crippen molar-refractivity contribution >= 4 is 5.97 Å². The van der Waals surface area contributed by atoms with Crippen LogP contribution in [0, 0.1) is 11.8 Å². The molecule has 23 heavy (non-hydrogen) atoms. The quantitative estimate of drug-likeness (QED) is 0.345. The third-order valence-electron chi connectivity index (χ3n) is 5.17. The van der Waals surface area contributed by atoms with Crippen LogP contribution in [0.15, 0.2) is 23.8 Å². The van der Waals surface area contributed by atoms with E-state index in [1.54, 1.807) is 6.92 Å². The summed E-state index contributed by atoms with van der Waals surface area (Å²) in [6, 6.07) is 0. The highest BCUT2D eigenvalue weighted by molar-refractivity contribution is 5.87. The van der Waals surface area contributed by atoms with E-state index in [2.05, 4.69) is 26.0 Å². The SMILES string of the molecule is CCOC(=O)/C(C)=C/[C@@H](C)C1OC2(C)OC(C=CC23CO3)C1C. The zero-order valence-corrected chi connectivity index (χ0v) is 14.5. The fourth-order valence-electron chi connectivity index (χ4n) is 3.59. The van der Waals surface area contributed by atoms with E-state index in [4.69, 9.17) is 18.9 Å². The number of esters is 1. The van der Waals surface area contributed by atoms with E-state index in [1.165, 1.54) is 0 Å². The Hall–Kier alpha value is -1.17. The van der Waals surface area contributed by atoms with E-state index < -0.39 is 11.4 Å². The van der Waals surface area contributed by atoms with Crippen molar-refractivity contribution in [2.45, 2.75) is 58.2 Å². The van der Waals surface area contributed by atoms with E-state index in [0.717, 1.165) is 0 Å². The molecule has 3 heterocycles. The third-order valence-corrected chi connectivity index (χ3v) is 5.17. The van der Waals surface area contributed by atoms with Gasteiger partial charge in [-0.15, -0.1) is 0 Å². The molecule has 0 saturated carbocycles. The average molecular weight is 322 g/mol. The van der Waals surface area contributed by atoms with Gasteiger partial charge in [0.25, 0.3) is 0 Å². The lowest BCUT2D eigenvalue weighted by Gasteiger charge is -2.51. The molecule has 0 aromatic heterocycles. The Labute approximate surface area is 137 Å². The molecule has 3 aliphatic rings. The molecule has 5 unspecified atom stereocenters. The lowest BCUT2D eigenvalue weighted by atomic mass is 9.82. The largest absolute Gasteiger partial charge is 0.463 e. The minimum absolute atomic E-state index is 0.00678. The van der Waals surface area contributed by atoms with Crippen molar-refractivity contribution in [3.8, 4) is 0 Å². The van der Waals surface area contributed by atoms with Crippen LogP contribution < -0.4 is 0 Å². The Kier molecular flexibility index (Phi) is 4.15. The number of ether oxygens (including phenoxy) is 4. The molecule has 0 radical (unpaired) electrons. The number of carbonyl (C=O) groups excluding carboxylic acids is 1. The Balaban J connectivity index is 1.79. The monoisotopic (exact) mass is 322 g/mol. The van der Waals surface area contributed by atoms with Crippen molar-refractivity contribution in [3.63, 3.8) is 0 Å². The maximum Gasteiger partial charge on any atom is 0.333 e. The van der Waals surface area contributed by atoms with Crippen molar-refractivity contribution in [1.29, 1.82) is 0 Å². The second-order valence-electron chi connectivity index (χ2n) is 6.94. The van der Waals surface area contributed by atoms with E-state index >= 15 is 0 Å². The van der Waals surface area contributed by atoms with Gasteiger partial charge < -0.3 is 18.9 Å². The molecule has 1 spiro atoms. The van der Waals surface area contributed by atoms with Crippen LogP contribution in [-0.2, 0) is 23.7 Å². The molecule has 0 aromatic carbocycles. The van der Waals surface area contributed by atoms with Crippen molar-refractivity contribution in [2.24, 2.45) is 11.8 Å². The summed E-state index contributed by atoms with van der Waals surface area (Å²) in [5.74, 6) is -0.768. The molecule has 5 nitrogen and oxygen atoms in total. The Bertz CT molecular complexity index is 548. The van der Waals surface area contributed by atoms with Crippen molar-refractivity contribution in [1.82, 2.24) is 0 Å². The van der Waals surface area contributed by atoms with Gasteiger partial charge in [-0.3, -0.25) is 0 Å². The molecule has 5 heteroatoms. The van der Waals surface area contributed by atoms with Gasteiger partial charge in [-0.2, -0.15) is 0 Å². The highest BCUT2D eigenvalue weighted by atomic mass is 16.8. The lowest BCUT2D eigenvalue weighted by Crippen LogP contribution is -2.61. The van der Waals surface area contributed by atoms with E-state index in [1.807, 2.05) is 19.9 Å². The second kappa shape index (κ2) is 5.72. The standard InChI is InChI=1S/C18H26O5/c1-6-20-16(19)12(3)9-11(2)15-13(4)14-7-8-18(10-21-18)17(5,22-14)23-15/h7-9,11,13-15H,6,10H2,1-5H3/b12-9+/t11-,13?,14?,15?,17?,18?/m1/s1. The van der Waals surface area contributed by atoms with E-state index in [9.17, 15) is 4.79 Å². The summed E-state index contributed by atoms with van der Waals surface area (Å²) in [6.07, 6.45) is 6.07. The van der Waals surface area contributed by atoms with Gasteiger partial charge in [-0.25, -0.2) is 4.79 Å². The molecule has 6 atom stereocenters. The van der Waals surface area contributed by atoms with Crippen LogP contribution in [0.2, 0.25) is 0 Å². The number of carbonyl (C=O) groups is 1. The Morgan fingerprint density at radius 3 is 2.78 bits per heavy atom. The minimum atomic E-state index is -0.760. The molecule has 128 valence electrons. The van der Waals surface area contributed by atoms with Gasteiger partial charge in [-0.05, 0) is 26.8 Å². The number of fused-ring (bicyclic) bond motifs is 3. The predicted octanol–water partition coefficient (Wildman–Crippen LogP) is 2.61. The minimum Gasteiger partial charge on any atom is -0.463 e. The molecule has 0 aliphatic carbocycles.